The zero-order valence-electron chi connectivity index (χ0n) is 14.7. The second-order valence-corrected chi connectivity index (χ2v) is 8.15. The molecule has 0 atom stereocenters. The molecule has 7 heteroatoms. The largest absolute Gasteiger partial charge is 0.412 e. The zero-order valence-corrected chi connectivity index (χ0v) is 16.3. The minimum atomic E-state index is -0.410. The van der Waals surface area contributed by atoms with Gasteiger partial charge in [-0.15, -0.1) is 0 Å². The van der Waals surface area contributed by atoms with E-state index < -0.39 is 6.09 Å². The van der Waals surface area contributed by atoms with E-state index in [4.69, 9.17) is 17.0 Å². The van der Waals surface area contributed by atoms with E-state index in [9.17, 15) is 4.79 Å². The van der Waals surface area contributed by atoms with E-state index in [0.717, 1.165) is 36.8 Å². The van der Waals surface area contributed by atoms with Crippen molar-refractivity contribution in [3.63, 3.8) is 0 Å². The van der Waals surface area contributed by atoms with Crippen LogP contribution < -0.4 is 15.4 Å². The number of para-hydroxylation sites is 1. The number of nitrogens with zero attached hydrogens (tertiary/aromatic N) is 1. The van der Waals surface area contributed by atoms with Gasteiger partial charge >= 0.3 is 6.09 Å². The van der Waals surface area contributed by atoms with Crippen LogP contribution in [0, 0.1) is 0 Å². The molecule has 1 aliphatic heterocycles. The number of amides is 1. The van der Waals surface area contributed by atoms with Crippen LogP contribution in [-0.4, -0.2) is 53.8 Å². The number of unbranched alkanes of at least 4 members (excludes halogenated alkanes) is 1. The van der Waals surface area contributed by atoms with E-state index in [2.05, 4.69) is 22.6 Å². The number of carbonyl (C=O) groups is 1. The SMILES string of the molecule is CN1CCC(SC(=S)NCCCCNC(=O)Oc2ccccc2)CC1. The van der Waals surface area contributed by atoms with Gasteiger partial charge in [0.05, 0.1) is 0 Å². The normalized spacial score (nSPS) is 15.6. The lowest BCUT2D eigenvalue weighted by molar-refractivity contribution is 0.200. The highest BCUT2D eigenvalue weighted by Crippen LogP contribution is 2.23. The number of thioether (sulfide) groups is 1. The summed E-state index contributed by atoms with van der Waals surface area (Å²) in [5.41, 5.74) is 0. The maximum Gasteiger partial charge on any atom is 0.412 e. The number of benzene rings is 1. The first kappa shape index (κ1) is 20.0. The molecule has 25 heavy (non-hydrogen) atoms. The van der Waals surface area contributed by atoms with Crippen LogP contribution in [0.4, 0.5) is 4.79 Å². The summed E-state index contributed by atoms with van der Waals surface area (Å²) in [7, 11) is 2.17. The number of hydrogen-bond acceptors (Lipinski definition) is 5. The van der Waals surface area contributed by atoms with Gasteiger partial charge in [0.25, 0.3) is 0 Å². The van der Waals surface area contributed by atoms with Crippen molar-refractivity contribution in [1.29, 1.82) is 0 Å². The third-order valence-electron chi connectivity index (χ3n) is 4.04. The molecule has 2 N–H and O–H groups in total. The summed E-state index contributed by atoms with van der Waals surface area (Å²) >= 11 is 7.20. The van der Waals surface area contributed by atoms with E-state index in [1.54, 1.807) is 23.9 Å². The molecule has 5 nitrogen and oxygen atoms in total. The van der Waals surface area contributed by atoms with Gasteiger partial charge in [-0.3, -0.25) is 0 Å². The van der Waals surface area contributed by atoms with Crippen LogP contribution in [-0.2, 0) is 0 Å². The Balaban J connectivity index is 1.46. The average molecular weight is 382 g/mol. The minimum absolute atomic E-state index is 0.410. The molecular weight excluding hydrogens is 354 g/mol. The Morgan fingerprint density at radius 2 is 1.84 bits per heavy atom. The molecule has 1 aliphatic rings. The topological polar surface area (TPSA) is 53.6 Å². The number of carbonyl (C=O) groups excluding carboxylic acids is 1. The van der Waals surface area contributed by atoms with Gasteiger partial charge in [-0.2, -0.15) is 0 Å². The number of thiocarbonyl (C=S) groups is 1. The summed E-state index contributed by atoms with van der Waals surface area (Å²) in [6.07, 6.45) is 3.85. The van der Waals surface area contributed by atoms with Crippen LogP contribution >= 0.6 is 24.0 Å². The van der Waals surface area contributed by atoms with Gasteiger partial charge in [-0.05, 0) is 58.0 Å². The Kier molecular flexibility index (Phi) is 9.07. The summed E-state index contributed by atoms with van der Waals surface area (Å²) in [4.78, 5) is 14.0. The molecule has 0 spiro atoms. The molecule has 0 radical (unpaired) electrons. The molecule has 1 saturated heterocycles. The van der Waals surface area contributed by atoms with E-state index in [1.807, 2.05) is 18.2 Å². The van der Waals surface area contributed by atoms with Crippen LogP contribution in [0.15, 0.2) is 30.3 Å². The first-order chi connectivity index (χ1) is 12.1. The molecule has 1 heterocycles. The fourth-order valence-corrected chi connectivity index (χ4v) is 4.00. The minimum Gasteiger partial charge on any atom is -0.410 e. The Bertz CT molecular complexity index is 534. The van der Waals surface area contributed by atoms with E-state index in [0.29, 0.717) is 17.5 Å². The molecule has 0 aromatic heterocycles. The Labute approximate surface area is 159 Å². The van der Waals surface area contributed by atoms with Crippen LogP contribution in [0.2, 0.25) is 0 Å². The number of hydrogen-bond donors (Lipinski definition) is 2. The monoisotopic (exact) mass is 381 g/mol. The molecule has 0 bridgehead atoms. The first-order valence-corrected chi connectivity index (χ1v) is 10.1. The highest BCUT2D eigenvalue weighted by atomic mass is 32.2. The summed E-state index contributed by atoms with van der Waals surface area (Å²) in [5.74, 6) is 0.554. The highest BCUT2D eigenvalue weighted by molar-refractivity contribution is 8.23. The fraction of sp³-hybridized carbons (Fsp3) is 0.556. The van der Waals surface area contributed by atoms with Crippen molar-refractivity contribution in [1.82, 2.24) is 15.5 Å². The van der Waals surface area contributed by atoms with Crippen LogP contribution in [0.3, 0.4) is 0 Å². The van der Waals surface area contributed by atoms with Gasteiger partial charge in [0.2, 0.25) is 0 Å². The molecule has 1 aromatic rings. The molecule has 1 fully saturated rings. The molecular formula is C18H27N3O2S2. The van der Waals surface area contributed by atoms with Crippen molar-refractivity contribution in [3.05, 3.63) is 30.3 Å². The third kappa shape index (κ3) is 8.56. The predicted molar refractivity (Wildman–Crippen MR) is 108 cm³/mol. The molecule has 138 valence electrons. The van der Waals surface area contributed by atoms with Gasteiger partial charge in [0, 0.05) is 18.3 Å². The van der Waals surface area contributed by atoms with Gasteiger partial charge in [0.1, 0.15) is 10.1 Å². The second kappa shape index (κ2) is 11.3. The number of piperidine rings is 1. The van der Waals surface area contributed by atoms with Crippen molar-refractivity contribution in [3.8, 4) is 5.75 Å². The molecule has 2 rings (SSSR count). The lowest BCUT2D eigenvalue weighted by Gasteiger charge is -2.28. The lowest BCUT2D eigenvalue weighted by Crippen LogP contribution is -2.33. The van der Waals surface area contributed by atoms with E-state index >= 15 is 0 Å². The van der Waals surface area contributed by atoms with E-state index in [1.165, 1.54) is 12.8 Å². The smallest absolute Gasteiger partial charge is 0.410 e. The van der Waals surface area contributed by atoms with Crippen molar-refractivity contribution in [2.45, 2.75) is 30.9 Å². The Morgan fingerprint density at radius 1 is 1.20 bits per heavy atom. The quantitative estimate of drug-likeness (QED) is 0.559. The van der Waals surface area contributed by atoms with Gasteiger partial charge in [-0.1, -0.05) is 42.2 Å². The standard InChI is InChI=1S/C18H27N3O2S2/c1-21-13-9-16(10-14-21)25-18(24)20-12-6-5-11-19-17(22)23-15-7-3-2-4-8-15/h2-4,7-8,16H,5-6,9-14H2,1H3,(H,19,22)(H,20,24). The summed E-state index contributed by atoms with van der Waals surface area (Å²) < 4.78 is 6.05. The Hall–Kier alpha value is -1.31. The molecule has 0 unspecified atom stereocenters. The molecule has 1 amide bonds. The van der Waals surface area contributed by atoms with Crippen molar-refractivity contribution < 1.29 is 9.53 Å². The van der Waals surface area contributed by atoms with Crippen LogP contribution in [0.1, 0.15) is 25.7 Å². The van der Waals surface area contributed by atoms with Gasteiger partial charge < -0.3 is 20.3 Å². The lowest BCUT2D eigenvalue weighted by atomic mass is 10.1. The van der Waals surface area contributed by atoms with Crippen molar-refractivity contribution in [2.75, 3.05) is 33.2 Å². The van der Waals surface area contributed by atoms with Crippen LogP contribution in [0.5, 0.6) is 5.75 Å². The zero-order chi connectivity index (χ0) is 17.9. The van der Waals surface area contributed by atoms with Gasteiger partial charge in [0.15, 0.2) is 0 Å². The van der Waals surface area contributed by atoms with Crippen molar-refractivity contribution >= 4 is 34.4 Å². The maximum absolute atomic E-state index is 11.6. The fourth-order valence-electron chi connectivity index (χ4n) is 2.56. The molecule has 0 aliphatic carbocycles. The molecule has 1 aromatic carbocycles. The van der Waals surface area contributed by atoms with E-state index in [-0.39, 0.29) is 0 Å². The van der Waals surface area contributed by atoms with Crippen molar-refractivity contribution in [2.24, 2.45) is 0 Å². The number of rotatable bonds is 7. The Morgan fingerprint density at radius 3 is 2.52 bits per heavy atom. The summed E-state index contributed by atoms with van der Waals surface area (Å²) in [6.45, 7) is 3.76. The number of ether oxygens (including phenoxy) is 1. The van der Waals surface area contributed by atoms with Crippen LogP contribution in [0.25, 0.3) is 0 Å². The number of nitrogens with one attached hydrogen (secondary N) is 2. The second-order valence-electron chi connectivity index (χ2n) is 6.17. The average Bonchev–Trinajstić information content (AvgIpc) is 2.61. The summed E-state index contributed by atoms with van der Waals surface area (Å²) in [6, 6.07) is 9.06. The molecule has 0 saturated carbocycles. The number of likely N-dealkylation sites (tertiary alicyclic amines) is 1. The predicted octanol–water partition coefficient (Wildman–Crippen LogP) is 3.26. The first-order valence-electron chi connectivity index (χ1n) is 8.77. The third-order valence-corrected chi connectivity index (χ3v) is 5.63. The maximum atomic E-state index is 11.6. The van der Waals surface area contributed by atoms with Gasteiger partial charge in [-0.25, -0.2) is 4.79 Å². The highest BCUT2D eigenvalue weighted by Gasteiger charge is 2.18. The summed E-state index contributed by atoms with van der Waals surface area (Å²) in [5, 5.41) is 6.71.